The molecule has 0 aromatic heterocycles. The number of hydrogen-bond acceptors (Lipinski definition) is 2. The first-order valence-corrected chi connectivity index (χ1v) is 6.29. The van der Waals surface area contributed by atoms with Crippen LogP contribution in [0.4, 0.5) is 5.69 Å². The molecule has 0 bridgehead atoms. The van der Waals surface area contributed by atoms with Crippen LogP contribution in [0.25, 0.3) is 0 Å². The van der Waals surface area contributed by atoms with E-state index in [0.717, 1.165) is 6.54 Å². The van der Waals surface area contributed by atoms with Crippen molar-refractivity contribution in [1.29, 1.82) is 0 Å². The van der Waals surface area contributed by atoms with Crippen molar-refractivity contribution in [2.75, 3.05) is 12.3 Å². The van der Waals surface area contributed by atoms with E-state index in [-0.39, 0.29) is 5.91 Å². The summed E-state index contributed by atoms with van der Waals surface area (Å²) in [5.74, 6) is -0.0142. The number of nitrogens with one attached hydrogen (secondary N) is 1. The van der Waals surface area contributed by atoms with Crippen molar-refractivity contribution in [2.45, 2.75) is 32.6 Å². The Morgan fingerprint density at radius 2 is 2.24 bits per heavy atom. The molecule has 0 heterocycles. The minimum Gasteiger partial charge on any atom is -0.399 e. The van der Waals surface area contributed by atoms with Gasteiger partial charge in [0.25, 0.3) is 5.91 Å². The fraction of sp³-hybridized carbons (Fsp3) is 0.500. The van der Waals surface area contributed by atoms with Gasteiger partial charge in [0.05, 0.1) is 0 Å². The highest BCUT2D eigenvalue weighted by Gasteiger charge is 2.41. The highest BCUT2D eigenvalue weighted by Crippen LogP contribution is 2.48. The molecule has 1 aliphatic rings. The average Bonchev–Trinajstić information content (AvgIpc) is 3.07. The Labute approximate surface area is 102 Å². The summed E-state index contributed by atoms with van der Waals surface area (Å²) in [7, 11) is 0. The van der Waals surface area contributed by atoms with Crippen LogP contribution in [0.3, 0.4) is 0 Å². The van der Waals surface area contributed by atoms with Crippen molar-refractivity contribution in [3.05, 3.63) is 29.8 Å². The van der Waals surface area contributed by atoms with E-state index in [1.54, 1.807) is 18.2 Å². The molecule has 1 fully saturated rings. The van der Waals surface area contributed by atoms with Gasteiger partial charge in [0.2, 0.25) is 0 Å². The van der Waals surface area contributed by atoms with Gasteiger partial charge < -0.3 is 11.1 Å². The van der Waals surface area contributed by atoms with Crippen LogP contribution in [0, 0.1) is 5.41 Å². The summed E-state index contributed by atoms with van der Waals surface area (Å²) in [6, 6.07) is 7.11. The normalized spacial score (nSPS) is 16.5. The number of anilines is 1. The van der Waals surface area contributed by atoms with Gasteiger partial charge in [-0.05, 0) is 42.9 Å². The Morgan fingerprint density at radius 3 is 2.82 bits per heavy atom. The number of amides is 1. The molecular formula is C14H20N2O. The summed E-state index contributed by atoms with van der Waals surface area (Å²) in [4.78, 5) is 11.9. The van der Waals surface area contributed by atoms with Gasteiger partial charge >= 0.3 is 0 Å². The van der Waals surface area contributed by atoms with E-state index in [4.69, 9.17) is 5.73 Å². The van der Waals surface area contributed by atoms with Gasteiger partial charge in [-0.2, -0.15) is 0 Å². The number of carbonyl (C=O) groups excluding carboxylic acids is 1. The van der Waals surface area contributed by atoms with Gasteiger partial charge in [0.1, 0.15) is 0 Å². The lowest BCUT2D eigenvalue weighted by molar-refractivity contribution is 0.0944. The molecule has 1 amide bonds. The Kier molecular flexibility index (Phi) is 3.36. The zero-order valence-electron chi connectivity index (χ0n) is 10.3. The summed E-state index contributed by atoms with van der Waals surface area (Å²) >= 11 is 0. The number of benzene rings is 1. The van der Waals surface area contributed by atoms with Gasteiger partial charge in [-0.3, -0.25) is 4.79 Å². The lowest BCUT2D eigenvalue weighted by atomic mass is 10.0. The van der Waals surface area contributed by atoms with Crippen LogP contribution in [0.1, 0.15) is 43.0 Å². The predicted octanol–water partition coefficient (Wildman–Crippen LogP) is 2.58. The van der Waals surface area contributed by atoms with Gasteiger partial charge in [0.15, 0.2) is 0 Å². The fourth-order valence-corrected chi connectivity index (χ4v) is 2.27. The number of nitrogen functional groups attached to an aromatic ring is 1. The first-order chi connectivity index (χ1) is 8.15. The SMILES string of the molecule is CCCC1(CNC(=O)c2cccc(N)c2)CC1. The van der Waals surface area contributed by atoms with Crippen LogP contribution >= 0.6 is 0 Å². The molecule has 1 saturated carbocycles. The lowest BCUT2D eigenvalue weighted by Crippen LogP contribution is -2.30. The number of rotatable bonds is 5. The molecule has 3 heteroatoms. The zero-order valence-corrected chi connectivity index (χ0v) is 10.3. The van der Waals surface area contributed by atoms with Gasteiger partial charge in [-0.1, -0.05) is 19.4 Å². The average molecular weight is 232 g/mol. The standard InChI is InChI=1S/C14H20N2O/c1-2-6-14(7-8-14)10-16-13(17)11-4-3-5-12(15)9-11/h3-5,9H,2,6-8,10,15H2,1H3,(H,16,17). The number of nitrogens with two attached hydrogens (primary N) is 1. The Hall–Kier alpha value is -1.51. The van der Waals surface area contributed by atoms with Crippen LogP contribution in [-0.2, 0) is 0 Å². The summed E-state index contributed by atoms with van der Waals surface area (Å²) in [6.07, 6.45) is 4.90. The van der Waals surface area contributed by atoms with Gasteiger partial charge in [-0.25, -0.2) is 0 Å². The molecule has 0 spiro atoms. The molecule has 3 nitrogen and oxygen atoms in total. The van der Waals surface area contributed by atoms with Gasteiger partial charge in [0, 0.05) is 17.8 Å². The topological polar surface area (TPSA) is 55.1 Å². The second-order valence-corrected chi connectivity index (χ2v) is 5.06. The Bertz CT molecular complexity index is 410. The molecular weight excluding hydrogens is 212 g/mol. The Morgan fingerprint density at radius 1 is 1.47 bits per heavy atom. The summed E-state index contributed by atoms with van der Waals surface area (Å²) in [5.41, 5.74) is 7.33. The van der Waals surface area contributed by atoms with E-state index in [0.29, 0.717) is 16.7 Å². The first kappa shape index (κ1) is 12.0. The van der Waals surface area contributed by atoms with E-state index in [2.05, 4.69) is 12.2 Å². The lowest BCUT2D eigenvalue weighted by Gasteiger charge is -2.14. The molecule has 0 radical (unpaired) electrons. The third-order valence-corrected chi connectivity index (χ3v) is 3.51. The van der Waals surface area contributed by atoms with Crippen LogP contribution < -0.4 is 11.1 Å². The van der Waals surface area contributed by atoms with Crippen LogP contribution in [0.5, 0.6) is 0 Å². The maximum Gasteiger partial charge on any atom is 0.251 e. The molecule has 17 heavy (non-hydrogen) atoms. The van der Waals surface area contributed by atoms with E-state index >= 15 is 0 Å². The van der Waals surface area contributed by atoms with Crippen LogP contribution in [0.15, 0.2) is 24.3 Å². The largest absolute Gasteiger partial charge is 0.399 e. The summed E-state index contributed by atoms with van der Waals surface area (Å²) in [6.45, 7) is 2.99. The molecule has 0 aliphatic heterocycles. The quantitative estimate of drug-likeness (QED) is 0.767. The van der Waals surface area contributed by atoms with Crippen molar-refractivity contribution < 1.29 is 4.79 Å². The van der Waals surface area contributed by atoms with Crippen molar-refractivity contribution in [1.82, 2.24) is 5.32 Å². The molecule has 3 N–H and O–H groups in total. The minimum atomic E-state index is -0.0142. The highest BCUT2D eigenvalue weighted by molar-refractivity contribution is 5.95. The summed E-state index contributed by atoms with van der Waals surface area (Å²) in [5, 5.41) is 3.02. The second-order valence-electron chi connectivity index (χ2n) is 5.06. The number of carbonyl (C=O) groups is 1. The van der Waals surface area contributed by atoms with Crippen molar-refractivity contribution in [2.24, 2.45) is 5.41 Å². The fourth-order valence-electron chi connectivity index (χ4n) is 2.27. The van der Waals surface area contributed by atoms with Gasteiger partial charge in [-0.15, -0.1) is 0 Å². The molecule has 0 saturated heterocycles. The molecule has 1 aliphatic carbocycles. The number of hydrogen-bond donors (Lipinski definition) is 2. The van der Waals surface area contributed by atoms with E-state index < -0.39 is 0 Å². The van der Waals surface area contributed by atoms with E-state index in [1.807, 2.05) is 6.07 Å². The van der Waals surface area contributed by atoms with Crippen LogP contribution in [-0.4, -0.2) is 12.5 Å². The predicted molar refractivity (Wildman–Crippen MR) is 69.8 cm³/mol. The molecule has 1 aromatic carbocycles. The second kappa shape index (κ2) is 4.78. The van der Waals surface area contributed by atoms with E-state index in [9.17, 15) is 4.79 Å². The molecule has 92 valence electrons. The molecule has 0 atom stereocenters. The highest BCUT2D eigenvalue weighted by atomic mass is 16.1. The first-order valence-electron chi connectivity index (χ1n) is 6.29. The Balaban J connectivity index is 1.90. The smallest absolute Gasteiger partial charge is 0.251 e. The molecule has 1 aromatic rings. The van der Waals surface area contributed by atoms with Crippen molar-refractivity contribution >= 4 is 11.6 Å². The van der Waals surface area contributed by atoms with Crippen LogP contribution in [0.2, 0.25) is 0 Å². The van der Waals surface area contributed by atoms with Crippen molar-refractivity contribution in [3.8, 4) is 0 Å². The zero-order chi connectivity index (χ0) is 12.3. The monoisotopic (exact) mass is 232 g/mol. The summed E-state index contributed by atoms with van der Waals surface area (Å²) < 4.78 is 0. The van der Waals surface area contributed by atoms with E-state index in [1.165, 1.54) is 25.7 Å². The maximum atomic E-state index is 11.9. The molecule has 0 unspecified atom stereocenters. The van der Waals surface area contributed by atoms with Crippen molar-refractivity contribution in [3.63, 3.8) is 0 Å². The third-order valence-electron chi connectivity index (χ3n) is 3.51. The maximum absolute atomic E-state index is 11.9. The minimum absolute atomic E-state index is 0.0142. The molecule has 2 rings (SSSR count). The third kappa shape index (κ3) is 2.99.